The molecule has 0 saturated heterocycles. The van der Waals surface area contributed by atoms with E-state index in [0.29, 0.717) is 5.69 Å². The van der Waals surface area contributed by atoms with Crippen molar-refractivity contribution in [1.29, 1.82) is 0 Å². The average Bonchev–Trinajstić information content (AvgIpc) is 2.09. The summed E-state index contributed by atoms with van der Waals surface area (Å²) in [6.45, 7) is 2.21. The van der Waals surface area contributed by atoms with Gasteiger partial charge in [0, 0.05) is 0 Å². The summed E-state index contributed by atoms with van der Waals surface area (Å²) >= 11 is 0. The summed E-state index contributed by atoms with van der Waals surface area (Å²) in [5.41, 5.74) is 10.7. The van der Waals surface area contributed by atoms with E-state index < -0.39 is 0 Å². The van der Waals surface area contributed by atoms with E-state index in [2.05, 4.69) is 6.92 Å². The molecule has 1 aromatic rings. The lowest BCUT2D eigenvalue weighted by Gasteiger charge is -1.99. The molecule has 0 amide bonds. The summed E-state index contributed by atoms with van der Waals surface area (Å²) in [6, 6.07) is 7.48. The van der Waals surface area contributed by atoms with E-state index in [1.165, 1.54) is 24.8 Å². The lowest BCUT2D eigenvalue weighted by Crippen LogP contribution is -1.84. The van der Waals surface area contributed by atoms with Gasteiger partial charge in [0.25, 0.3) is 0 Å². The quantitative estimate of drug-likeness (QED) is 0.605. The van der Waals surface area contributed by atoms with Crippen molar-refractivity contribution in [3.63, 3.8) is 0 Å². The van der Waals surface area contributed by atoms with Gasteiger partial charge in [0.05, 0.1) is 5.69 Å². The maximum absolute atomic E-state index is 9.03. The Kier molecular flexibility index (Phi) is 3.65. The van der Waals surface area contributed by atoms with Crippen molar-refractivity contribution in [3.8, 4) is 0 Å². The van der Waals surface area contributed by atoms with E-state index in [1.54, 1.807) is 12.1 Å². The van der Waals surface area contributed by atoms with Gasteiger partial charge < -0.3 is 0 Å². The van der Waals surface area contributed by atoms with Gasteiger partial charge in [-0.1, -0.05) is 31.9 Å². The fourth-order valence-electron chi connectivity index (χ4n) is 1.24. The second kappa shape index (κ2) is 4.81. The van der Waals surface area contributed by atoms with Crippen molar-refractivity contribution >= 4 is 5.69 Å². The van der Waals surface area contributed by atoms with Crippen LogP contribution in [0.15, 0.2) is 24.3 Å². The zero-order valence-electron chi connectivity index (χ0n) is 7.59. The van der Waals surface area contributed by atoms with Gasteiger partial charge in [-0.05, 0) is 30.5 Å². The molecule has 1 heteroatoms. The molecule has 1 aromatic carbocycles. The highest BCUT2D eigenvalue weighted by molar-refractivity contribution is 5.35. The first kappa shape index (κ1) is 9.11. The van der Waals surface area contributed by atoms with Crippen LogP contribution in [0, 0.1) is 0 Å². The Morgan fingerprint density at radius 3 is 2.33 bits per heavy atom. The van der Waals surface area contributed by atoms with E-state index in [1.807, 2.05) is 12.1 Å². The smallest absolute Gasteiger partial charge is 0.0857 e. The van der Waals surface area contributed by atoms with E-state index in [4.69, 9.17) is 5.73 Å². The number of unbranched alkanes of at least 4 members (excludes halogenated alkanes) is 2. The Morgan fingerprint density at radius 2 is 1.75 bits per heavy atom. The molecule has 0 saturated carbocycles. The molecular weight excluding hydrogens is 146 g/mol. The van der Waals surface area contributed by atoms with E-state index in [0.717, 1.165) is 6.42 Å². The van der Waals surface area contributed by atoms with Crippen molar-refractivity contribution in [1.82, 2.24) is 5.73 Å². The van der Waals surface area contributed by atoms with Gasteiger partial charge in [-0.25, -0.2) is 0 Å². The monoisotopic (exact) mass is 161 g/mol. The lowest BCUT2D eigenvalue weighted by atomic mass is 10.1. The molecule has 12 heavy (non-hydrogen) atoms. The van der Waals surface area contributed by atoms with Crippen molar-refractivity contribution in [2.75, 3.05) is 0 Å². The molecule has 0 N–H and O–H groups in total. The first-order valence-corrected chi connectivity index (χ1v) is 4.61. The highest BCUT2D eigenvalue weighted by atomic mass is 14.5. The van der Waals surface area contributed by atoms with Crippen LogP contribution >= 0.6 is 0 Å². The summed E-state index contributed by atoms with van der Waals surface area (Å²) in [5, 5.41) is 0. The van der Waals surface area contributed by atoms with Crippen LogP contribution in [-0.2, 0) is 6.42 Å². The predicted octanol–water partition coefficient (Wildman–Crippen LogP) is 3.12. The number of rotatable bonds is 4. The number of benzene rings is 1. The van der Waals surface area contributed by atoms with Gasteiger partial charge in [0.2, 0.25) is 0 Å². The number of nitrogens with zero attached hydrogens (tertiary/aromatic N) is 1. The van der Waals surface area contributed by atoms with Gasteiger partial charge in [0.1, 0.15) is 0 Å². The van der Waals surface area contributed by atoms with Crippen LogP contribution in [0.25, 0.3) is 0 Å². The van der Waals surface area contributed by atoms with Gasteiger partial charge >= 0.3 is 0 Å². The molecule has 0 aliphatic heterocycles. The highest BCUT2D eigenvalue weighted by Gasteiger charge is 1.92. The lowest BCUT2D eigenvalue weighted by molar-refractivity contribution is 0.717. The zero-order chi connectivity index (χ0) is 8.81. The number of hydrogen-bond donors (Lipinski definition) is 0. The first-order chi connectivity index (χ1) is 5.83. The largest absolute Gasteiger partial charge is 0.151 e. The van der Waals surface area contributed by atoms with Gasteiger partial charge in [-0.3, -0.25) is 0 Å². The summed E-state index contributed by atoms with van der Waals surface area (Å²) in [6.07, 6.45) is 4.94. The highest BCUT2D eigenvalue weighted by Crippen LogP contribution is 2.10. The van der Waals surface area contributed by atoms with Gasteiger partial charge in [0.15, 0.2) is 0 Å². The summed E-state index contributed by atoms with van der Waals surface area (Å²) in [7, 11) is 0. The molecule has 0 heterocycles. The Labute approximate surface area is 74.6 Å². The Bertz CT molecular complexity index is 213. The molecular formula is C11H15N. The van der Waals surface area contributed by atoms with Crippen molar-refractivity contribution < 1.29 is 0 Å². The van der Waals surface area contributed by atoms with Crippen LogP contribution in [0.3, 0.4) is 0 Å². The third kappa shape index (κ3) is 2.95. The topological polar surface area (TPSA) is 22.3 Å². The van der Waals surface area contributed by atoms with E-state index in [-0.39, 0.29) is 0 Å². The second-order valence-corrected chi connectivity index (χ2v) is 3.12. The molecule has 0 aliphatic carbocycles. The van der Waals surface area contributed by atoms with Crippen LogP contribution in [0.2, 0.25) is 0 Å². The van der Waals surface area contributed by atoms with Crippen LogP contribution in [0.4, 0.5) is 5.69 Å². The second-order valence-electron chi connectivity index (χ2n) is 3.12. The minimum atomic E-state index is 0.356. The summed E-state index contributed by atoms with van der Waals surface area (Å²) < 4.78 is 0. The minimum absolute atomic E-state index is 0.356. The maximum atomic E-state index is 9.03. The molecule has 0 bridgehead atoms. The summed E-state index contributed by atoms with van der Waals surface area (Å²) in [5.74, 6) is 0. The van der Waals surface area contributed by atoms with Gasteiger partial charge in [-0.15, -0.1) is 0 Å². The number of aryl methyl sites for hydroxylation is 1. The molecule has 2 radical (unpaired) electrons. The first-order valence-electron chi connectivity index (χ1n) is 4.61. The molecule has 0 aliphatic rings. The molecule has 0 unspecified atom stereocenters. The Morgan fingerprint density at radius 1 is 1.08 bits per heavy atom. The van der Waals surface area contributed by atoms with E-state index in [9.17, 15) is 0 Å². The van der Waals surface area contributed by atoms with Crippen molar-refractivity contribution in [2.45, 2.75) is 32.6 Å². The molecule has 0 aromatic heterocycles. The predicted molar refractivity (Wildman–Crippen MR) is 51.5 cm³/mol. The normalized spacial score (nSPS) is 10.1. The molecule has 0 atom stereocenters. The van der Waals surface area contributed by atoms with Crippen LogP contribution < -0.4 is 5.73 Å². The molecule has 64 valence electrons. The SMILES string of the molecule is CCCCCc1ccc([N])cc1. The molecule has 0 spiro atoms. The van der Waals surface area contributed by atoms with Crippen LogP contribution in [0.1, 0.15) is 31.7 Å². The molecule has 1 rings (SSSR count). The fourth-order valence-corrected chi connectivity index (χ4v) is 1.24. The van der Waals surface area contributed by atoms with Crippen molar-refractivity contribution in [2.24, 2.45) is 0 Å². The molecule has 1 nitrogen and oxygen atoms in total. The van der Waals surface area contributed by atoms with Crippen LogP contribution in [0.5, 0.6) is 0 Å². The standard InChI is InChI=1S/C11H15N/c1-2-3-4-5-10-6-8-11(12)9-7-10/h6-9H,2-5H2,1H3. The minimum Gasteiger partial charge on any atom is -0.151 e. The third-order valence-electron chi connectivity index (χ3n) is 2.01. The zero-order valence-corrected chi connectivity index (χ0v) is 7.59. The maximum Gasteiger partial charge on any atom is 0.0857 e. The van der Waals surface area contributed by atoms with Gasteiger partial charge in [-0.2, -0.15) is 5.73 Å². The Hall–Kier alpha value is -0.980. The van der Waals surface area contributed by atoms with Crippen molar-refractivity contribution in [3.05, 3.63) is 29.8 Å². The van der Waals surface area contributed by atoms with E-state index >= 15 is 0 Å². The summed E-state index contributed by atoms with van der Waals surface area (Å²) in [4.78, 5) is 0. The Balaban J connectivity index is 2.37. The molecule has 0 fully saturated rings. The van der Waals surface area contributed by atoms with Crippen LogP contribution in [-0.4, -0.2) is 0 Å². The third-order valence-corrected chi connectivity index (χ3v) is 2.01. The number of hydrogen-bond acceptors (Lipinski definition) is 0. The average molecular weight is 161 g/mol. The fraction of sp³-hybridized carbons (Fsp3) is 0.455.